The minimum absolute atomic E-state index is 0.00686. The summed E-state index contributed by atoms with van der Waals surface area (Å²) in [5.74, 6) is -0.211. The van der Waals surface area contributed by atoms with E-state index in [9.17, 15) is 19.4 Å². The van der Waals surface area contributed by atoms with Crippen molar-refractivity contribution in [1.82, 2.24) is 5.32 Å². The molecule has 0 aromatic heterocycles. The topological polar surface area (TPSA) is 108 Å². The van der Waals surface area contributed by atoms with Gasteiger partial charge in [0.05, 0.1) is 39.9 Å². The van der Waals surface area contributed by atoms with Gasteiger partial charge in [0.1, 0.15) is 13.2 Å². The second-order valence-corrected chi connectivity index (χ2v) is 19.9. The Morgan fingerprint density at radius 3 is 1.35 bits per heavy atom. The molecule has 3 unspecified atom stereocenters. The van der Waals surface area contributed by atoms with Crippen molar-refractivity contribution < 1.29 is 32.9 Å². The Bertz CT molecular complexity index is 1070. The van der Waals surface area contributed by atoms with Crippen molar-refractivity contribution in [2.45, 2.75) is 244 Å². The lowest BCUT2D eigenvalue weighted by Gasteiger charge is -2.29. The lowest BCUT2D eigenvalue weighted by Crippen LogP contribution is -2.45. The number of hydrogen-bond donors (Lipinski definition) is 2. The van der Waals surface area contributed by atoms with Crippen LogP contribution in [0.5, 0.6) is 0 Å². The molecule has 0 aliphatic heterocycles. The van der Waals surface area contributed by atoms with Crippen molar-refractivity contribution in [2.75, 3.05) is 40.9 Å². The average molecular weight is 867 g/mol. The summed E-state index contributed by atoms with van der Waals surface area (Å²) in [7, 11) is 1.24. The van der Waals surface area contributed by atoms with E-state index in [1.807, 2.05) is 27.2 Å². The maximum absolute atomic E-state index is 12.9. The Labute approximate surface area is 372 Å². The van der Waals surface area contributed by atoms with Crippen LogP contribution in [0.4, 0.5) is 0 Å². The van der Waals surface area contributed by atoms with E-state index in [1.54, 1.807) is 6.08 Å². The predicted molar refractivity (Wildman–Crippen MR) is 256 cm³/mol. The van der Waals surface area contributed by atoms with E-state index in [-0.39, 0.29) is 12.5 Å². The Morgan fingerprint density at radius 2 is 0.933 bits per heavy atom. The molecule has 0 radical (unpaired) electrons. The first-order valence-electron chi connectivity index (χ1n) is 25.4. The Hall–Kier alpha value is -1.28. The number of rotatable bonds is 46. The number of allylic oxidation sites excluding steroid dienone is 5. The first kappa shape index (κ1) is 58.7. The summed E-state index contributed by atoms with van der Waals surface area (Å²) in [6, 6.07) is -0.904. The molecule has 0 saturated carbocycles. The highest BCUT2D eigenvalue weighted by Crippen LogP contribution is 2.38. The lowest BCUT2D eigenvalue weighted by atomic mass is 10.0. The number of phosphoric acid groups is 1. The third-order valence-corrected chi connectivity index (χ3v) is 12.3. The molecule has 0 spiro atoms. The normalized spacial score (nSPS) is 14.4. The summed E-state index contributed by atoms with van der Waals surface area (Å²) in [6.45, 7) is 4.64. The fraction of sp³-hybridized carbons (Fsp3) is 0.863. The summed E-state index contributed by atoms with van der Waals surface area (Å²) in [4.78, 5) is 25.4. The van der Waals surface area contributed by atoms with E-state index < -0.39 is 26.6 Å². The van der Waals surface area contributed by atoms with E-state index in [0.29, 0.717) is 17.4 Å². The number of carbonyl (C=O) groups excluding carboxylic acids is 1. The molecule has 0 fully saturated rings. The number of unbranched alkanes of at least 4 members (excludes halogenated alkanes) is 29. The number of hydrogen-bond acceptors (Lipinski definition) is 6. The molecule has 0 bridgehead atoms. The van der Waals surface area contributed by atoms with E-state index in [2.05, 4.69) is 43.5 Å². The van der Waals surface area contributed by atoms with Gasteiger partial charge in [0.2, 0.25) is 5.91 Å². The van der Waals surface area contributed by atoms with Gasteiger partial charge < -0.3 is 28.8 Å². The summed E-state index contributed by atoms with van der Waals surface area (Å²) in [6.07, 6.45) is 53.4. The zero-order valence-electron chi connectivity index (χ0n) is 40.2. The average Bonchev–Trinajstić information content (AvgIpc) is 3.20. The number of amides is 1. The third kappa shape index (κ3) is 44.8. The second kappa shape index (κ2) is 43.0. The van der Waals surface area contributed by atoms with Crippen molar-refractivity contribution in [3.05, 3.63) is 36.5 Å². The van der Waals surface area contributed by atoms with Crippen molar-refractivity contribution in [2.24, 2.45) is 0 Å². The fourth-order valence-corrected chi connectivity index (χ4v) is 8.00. The largest absolute Gasteiger partial charge is 0.756 e. The van der Waals surface area contributed by atoms with Crippen LogP contribution in [0.15, 0.2) is 36.5 Å². The fourth-order valence-electron chi connectivity index (χ4n) is 7.28. The molecule has 0 aliphatic carbocycles. The number of phosphoric ester groups is 1. The second-order valence-electron chi connectivity index (χ2n) is 18.5. The smallest absolute Gasteiger partial charge is 0.268 e. The molecule has 0 aliphatic rings. The highest BCUT2D eigenvalue weighted by molar-refractivity contribution is 7.45. The van der Waals surface area contributed by atoms with Crippen LogP contribution in [0.1, 0.15) is 232 Å². The van der Waals surface area contributed by atoms with Crippen LogP contribution in [-0.2, 0) is 18.4 Å². The van der Waals surface area contributed by atoms with Crippen molar-refractivity contribution >= 4 is 13.7 Å². The van der Waals surface area contributed by atoms with Gasteiger partial charge in [-0.3, -0.25) is 9.36 Å². The van der Waals surface area contributed by atoms with Crippen molar-refractivity contribution in [3.63, 3.8) is 0 Å². The quantitative estimate of drug-likeness (QED) is 0.0273. The number of aliphatic hydroxyl groups excluding tert-OH is 1. The minimum Gasteiger partial charge on any atom is -0.756 e. The van der Waals surface area contributed by atoms with Gasteiger partial charge in [-0.25, -0.2) is 0 Å². The Morgan fingerprint density at radius 1 is 0.567 bits per heavy atom. The maximum Gasteiger partial charge on any atom is 0.268 e. The van der Waals surface area contributed by atoms with Crippen molar-refractivity contribution in [3.8, 4) is 0 Å². The molecule has 8 nitrogen and oxygen atoms in total. The van der Waals surface area contributed by atoms with Gasteiger partial charge in [-0.15, -0.1) is 0 Å². The van der Waals surface area contributed by atoms with Gasteiger partial charge in [-0.2, -0.15) is 0 Å². The highest BCUT2D eigenvalue weighted by Gasteiger charge is 2.23. The first-order chi connectivity index (χ1) is 29.0. The van der Waals surface area contributed by atoms with E-state index in [1.165, 1.54) is 173 Å². The monoisotopic (exact) mass is 867 g/mol. The molecular formula is C51H99N2O6P. The number of aliphatic hydroxyl groups is 1. The van der Waals surface area contributed by atoms with Gasteiger partial charge in [-0.1, -0.05) is 204 Å². The van der Waals surface area contributed by atoms with Crippen LogP contribution in [0, 0.1) is 0 Å². The van der Waals surface area contributed by atoms with E-state index in [0.717, 1.165) is 38.5 Å². The van der Waals surface area contributed by atoms with E-state index in [4.69, 9.17) is 9.05 Å². The molecule has 354 valence electrons. The minimum atomic E-state index is -4.60. The van der Waals surface area contributed by atoms with Gasteiger partial charge in [0.25, 0.3) is 7.82 Å². The molecule has 0 aromatic rings. The molecule has 60 heavy (non-hydrogen) atoms. The van der Waals surface area contributed by atoms with Crippen molar-refractivity contribution in [1.29, 1.82) is 0 Å². The lowest BCUT2D eigenvalue weighted by molar-refractivity contribution is -0.870. The number of quaternary nitrogens is 1. The van der Waals surface area contributed by atoms with Crippen LogP contribution in [0.2, 0.25) is 0 Å². The number of nitrogens with zero attached hydrogens (tertiary/aromatic N) is 1. The van der Waals surface area contributed by atoms with E-state index >= 15 is 0 Å². The highest BCUT2D eigenvalue weighted by atomic mass is 31.2. The molecule has 0 aromatic carbocycles. The van der Waals surface area contributed by atoms with Gasteiger partial charge in [0, 0.05) is 6.42 Å². The standard InChI is InChI=1S/C51H99N2O6P/c1-6-8-10-12-14-16-18-20-22-24-26-28-30-32-34-36-38-40-42-44-50(54)49(48-59-60(56,57)58-47-46-53(3,4)5)52-51(55)45-43-41-39-37-35-33-31-29-27-25-23-21-19-17-15-13-11-9-7-2/h25,27,34,36,42,44,49-50,54H,6-24,26,28-33,35,37-41,43,45-48H2,1-5H3,(H-,52,55,56,57)/b27-25-,36-34+,44-42+. The summed E-state index contributed by atoms with van der Waals surface area (Å²) >= 11 is 0. The summed E-state index contributed by atoms with van der Waals surface area (Å²) < 4.78 is 23.3. The van der Waals surface area contributed by atoms with Crippen LogP contribution >= 0.6 is 7.82 Å². The molecule has 2 N–H and O–H groups in total. The number of likely N-dealkylation sites (N-methyl/N-ethyl adjacent to an activating group) is 1. The molecule has 0 rings (SSSR count). The zero-order chi connectivity index (χ0) is 44.3. The molecular weight excluding hydrogens is 768 g/mol. The Kier molecular flexibility index (Phi) is 42.1. The molecule has 0 heterocycles. The van der Waals surface area contributed by atoms with Crippen LogP contribution in [-0.4, -0.2) is 68.5 Å². The molecule has 3 atom stereocenters. The first-order valence-corrected chi connectivity index (χ1v) is 26.8. The Balaban J connectivity index is 4.38. The number of carbonyl (C=O) groups is 1. The summed E-state index contributed by atoms with van der Waals surface area (Å²) in [5.41, 5.74) is 0. The maximum atomic E-state index is 12.9. The molecule has 9 heteroatoms. The SMILES string of the molecule is CCCCCCCCCC/C=C\CCCCCCCCCC(=O)NC(COP(=O)([O-])OCC[N+](C)(C)C)C(O)/C=C/CC/C=C/CCCCCCCCCCCCCCC. The number of nitrogens with one attached hydrogen (secondary N) is 1. The molecule has 1 amide bonds. The summed E-state index contributed by atoms with van der Waals surface area (Å²) in [5, 5.41) is 13.8. The van der Waals surface area contributed by atoms with Gasteiger partial charge in [0.15, 0.2) is 0 Å². The van der Waals surface area contributed by atoms with Crippen LogP contribution in [0.3, 0.4) is 0 Å². The zero-order valence-corrected chi connectivity index (χ0v) is 41.1. The van der Waals surface area contributed by atoms with Gasteiger partial charge in [-0.05, 0) is 57.8 Å². The van der Waals surface area contributed by atoms with Gasteiger partial charge >= 0.3 is 0 Å². The predicted octanol–water partition coefficient (Wildman–Crippen LogP) is 14.0. The third-order valence-electron chi connectivity index (χ3n) is 11.3. The molecule has 0 saturated heterocycles. The van der Waals surface area contributed by atoms with Crippen LogP contribution in [0.25, 0.3) is 0 Å². The van der Waals surface area contributed by atoms with Crippen LogP contribution < -0.4 is 10.2 Å².